The third kappa shape index (κ3) is 6.26. The zero-order valence-corrected chi connectivity index (χ0v) is 13.1. The van der Waals surface area contributed by atoms with Crippen LogP contribution in [0.4, 0.5) is 0 Å². The Kier molecular flexibility index (Phi) is 8.07. The highest BCUT2D eigenvalue weighted by molar-refractivity contribution is 5.40. The maximum Gasteiger partial charge on any atom is 0.123 e. The summed E-state index contributed by atoms with van der Waals surface area (Å²) in [7, 11) is 3.36. The van der Waals surface area contributed by atoms with Gasteiger partial charge in [-0.1, -0.05) is 0 Å². The number of nitrogens with one attached hydrogen (secondary N) is 1. The molecule has 1 aromatic carbocycles. The molecule has 0 aliphatic heterocycles. The van der Waals surface area contributed by atoms with Gasteiger partial charge >= 0.3 is 0 Å². The maximum atomic E-state index is 5.51. The lowest BCUT2D eigenvalue weighted by atomic mass is 10.2. The first kappa shape index (κ1) is 16.8. The van der Waals surface area contributed by atoms with Crippen molar-refractivity contribution in [3.8, 4) is 11.5 Å². The lowest BCUT2D eigenvalue weighted by molar-refractivity contribution is 0.0760. The fraction of sp³-hybridized carbons (Fsp3) is 0.625. The SMILES string of the molecule is COc1ccc(OC)c(CNCCCCOC(C)C)c1. The molecule has 4 heteroatoms. The summed E-state index contributed by atoms with van der Waals surface area (Å²) in [6.45, 7) is 6.72. The Morgan fingerprint density at radius 2 is 1.90 bits per heavy atom. The van der Waals surface area contributed by atoms with Crippen LogP contribution in [0.25, 0.3) is 0 Å². The fourth-order valence-corrected chi connectivity index (χ4v) is 1.91. The Hall–Kier alpha value is -1.26. The van der Waals surface area contributed by atoms with Gasteiger partial charge in [0, 0.05) is 18.7 Å². The summed E-state index contributed by atoms with van der Waals surface area (Å²) in [5, 5.41) is 3.42. The van der Waals surface area contributed by atoms with Gasteiger partial charge in [-0.05, 0) is 51.4 Å². The van der Waals surface area contributed by atoms with Crippen LogP contribution in [0.5, 0.6) is 11.5 Å². The highest BCUT2D eigenvalue weighted by atomic mass is 16.5. The van der Waals surface area contributed by atoms with Gasteiger partial charge in [0.1, 0.15) is 11.5 Å². The Bertz CT molecular complexity index is 380. The van der Waals surface area contributed by atoms with Crippen LogP contribution in [0.3, 0.4) is 0 Å². The summed E-state index contributed by atoms with van der Waals surface area (Å²) in [6.07, 6.45) is 2.52. The van der Waals surface area contributed by atoms with Crippen LogP contribution >= 0.6 is 0 Å². The standard InChI is InChI=1S/C16H27NO3/c1-13(2)20-10-6-5-9-17-12-14-11-15(18-3)7-8-16(14)19-4/h7-8,11,13,17H,5-6,9-10,12H2,1-4H3. The molecule has 1 aromatic rings. The number of ether oxygens (including phenoxy) is 3. The molecule has 0 spiro atoms. The molecule has 0 atom stereocenters. The molecule has 0 heterocycles. The molecule has 114 valence electrons. The molecule has 1 rings (SSSR count). The topological polar surface area (TPSA) is 39.7 Å². The van der Waals surface area contributed by atoms with Gasteiger partial charge in [-0.2, -0.15) is 0 Å². The number of hydrogen-bond donors (Lipinski definition) is 1. The summed E-state index contributed by atoms with van der Waals surface area (Å²) in [5.74, 6) is 1.74. The van der Waals surface area contributed by atoms with Crippen molar-refractivity contribution in [1.82, 2.24) is 5.32 Å². The van der Waals surface area contributed by atoms with Gasteiger partial charge in [-0.25, -0.2) is 0 Å². The quantitative estimate of drug-likeness (QED) is 0.669. The summed E-state index contributed by atoms with van der Waals surface area (Å²) in [6, 6.07) is 5.85. The summed E-state index contributed by atoms with van der Waals surface area (Å²) >= 11 is 0. The lowest BCUT2D eigenvalue weighted by Gasteiger charge is -2.11. The monoisotopic (exact) mass is 281 g/mol. The average molecular weight is 281 g/mol. The first-order chi connectivity index (χ1) is 9.67. The first-order valence-corrected chi connectivity index (χ1v) is 7.20. The molecule has 0 amide bonds. The van der Waals surface area contributed by atoms with Crippen molar-refractivity contribution in [2.24, 2.45) is 0 Å². The first-order valence-electron chi connectivity index (χ1n) is 7.20. The molecular formula is C16H27NO3. The molecule has 0 aliphatic rings. The van der Waals surface area contributed by atoms with Crippen LogP contribution in [0.2, 0.25) is 0 Å². The maximum absolute atomic E-state index is 5.51. The molecular weight excluding hydrogens is 254 g/mol. The molecule has 4 nitrogen and oxygen atoms in total. The zero-order chi connectivity index (χ0) is 14.8. The number of hydrogen-bond acceptors (Lipinski definition) is 4. The molecule has 0 aliphatic carbocycles. The molecule has 0 saturated heterocycles. The smallest absolute Gasteiger partial charge is 0.123 e. The van der Waals surface area contributed by atoms with E-state index in [4.69, 9.17) is 14.2 Å². The van der Waals surface area contributed by atoms with Gasteiger partial charge in [0.05, 0.1) is 20.3 Å². The highest BCUT2D eigenvalue weighted by Crippen LogP contribution is 2.23. The summed E-state index contributed by atoms with van der Waals surface area (Å²) < 4.78 is 16.1. The molecule has 0 radical (unpaired) electrons. The van der Waals surface area contributed by atoms with E-state index in [1.165, 1.54) is 0 Å². The van der Waals surface area contributed by atoms with Crippen molar-refractivity contribution in [2.45, 2.75) is 39.3 Å². The number of rotatable bonds is 10. The number of benzene rings is 1. The van der Waals surface area contributed by atoms with Crippen molar-refractivity contribution < 1.29 is 14.2 Å². The van der Waals surface area contributed by atoms with Gasteiger partial charge < -0.3 is 19.5 Å². The van der Waals surface area contributed by atoms with E-state index in [2.05, 4.69) is 19.2 Å². The molecule has 0 unspecified atom stereocenters. The predicted octanol–water partition coefficient (Wildman–Crippen LogP) is 3.00. The van der Waals surface area contributed by atoms with E-state index in [-0.39, 0.29) is 0 Å². The van der Waals surface area contributed by atoms with Crippen molar-refractivity contribution in [3.63, 3.8) is 0 Å². The Morgan fingerprint density at radius 3 is 2.55 bits per heavy atom. The van der Waals surface area contributed by atoms with Crippen molar-refractivity contribution >= 4 is 0 Å². The van der Waals surface area contributed by atoms with Crippen molar-refractivity contribution in [1.29, 1.82) is 0 Å². The highest BCUT2D eigenvalue weighted by Gasteiger charge is 2.04. The fourth-order valence-electron chi connectivity index (χ4n) is 1.91. The summed E-state index contributed by atoms with van der Waals surface area (Å²) in [4.78, 5) is 0. The number of methoxy groups -OCH3 is 2. The van der Waals surface area contributed by atoms with E-state index in [1.807, 2.05) is 18.2 Å². The van der Waals surface area contributed by atoms with Crippen LogP contribution in [0.1, 0.15) is 32.3 Å². The van der Waals surface area contributed by atoms with Gasteiger partial charge in [-0.15, -0.1) is 0 Å². The van der Waals surface area contributed by atoms with E-state index >= 15 is 0 Å². The second-order valence-corrected chi connectivity index (χ2v) is 4.98. The molecule has 0 fully saturated rings. The molecule has 0 bridgehead atoms. The van der Waals surface area contributed by atoms with Crippen molar-refractivity contribution in [2.75, 3.05) is 27.4 Å². The second-order valence-electron chi connectivity index (χ2n) is 4.98. The van der Waals surface area contributed by atoms with Crippen LogP contribution in [-0.4, -0.2) is 33.5 Å². The molecule has 0 aromatic heterocycles. The molecule has 20 heavy (non-hydrogen) atoms. The average Bonchev–Trinajstić information content (AvgIpc) is 2.45. The van der Waals surface area contributed by atoms with Crippen LogP contribution in [0, 0.1) is 0 Å². The van der Waals surface area contributed by atoms with E-state index in [1.54, 1.807) is 14.2 Å². The van der Waals surface area contributed by atoms with E-state index in [0.717, 1.165) is 49.6 Å². The lowest BCUT2D eigenvalue weighted by Crippen LogP contribution is -2.16. The van der Waals surface area contributed by atoms with E-state index in [9.17, 15) is 0 Å². The van der Waals surface area contributed by atoms with Gasteiger partial charge in [0.15, 0.2) is 0 Å². The van der Waals surface area contributed by atoms with Crippen molar-refractivity contribution in [3.05, 3.63) is 23.8 Å². The normalized spacial score (nSPS) is 10.8. The van der Waals surface area contributed by atoms with Gasteiger partial charge in [0.2, 0.25) is 0 Å². The van der Waals surface area contributed by atoms with Gasteiger partial charge in [0.25, 0.3) is 0 Å². The minimum Gasteiger partial charge on any atom is -0.497 e. The largest absolute Gasteiger partial charge is 0.497 e. The third-order valence-electron chi connectivity index (χ3n) is 3.00. The predicted molar refractivity (Wildman–Crippen MR) is 81.6 cm³/mol. The van der Waals surface area contributed by atoms with Crippen LogP contribution in [0.15, 0.2) is 18.2 Å². The second kappa shape index (κ2) is 9.61. The van der Waals surface area contributed by atoms with Crippen LogP contribution in [-0.2, 0) is 11.3 Å². The third-order valence-corrected chi connectivity index (χ3v) is 3.00. The van der Waals surface area contributed by atoms with E-state index < -0.39 is 0 Å². The minimum atomic E-state index is 0.323. The van der Waals surface area contributed by atoms with E-state index in [0.29, 0.717) is 6.10 Å². The molecule has 1 N–H and O–H groups in total. The van der Waals surface area contributed by atoms with Gasteiger partial charge in [-0.3, -0.25) is 0 Å². The molecule has 0 saturated carbocycles. The summed E-state index contributed by atoms with van der Waals surface area (Å²) in [5.41, 5.74) is 1.12. The zero-order valence-electron chi connectivity index (χ0n) is 13.1. The Morgan fingerprint density at radius 1 is 1.10 bits per heavy atom. The Labute approximate surface area is 122 Å². The Balaban J connectivity index is 2.27. The number of unbranched alkanes of at least 4 members (excludes halogenated alkanes) is 1. The van der Waals surface area contributed by atoms with Crippen LogP contribution < -0.4 is 14.8 Å². The minimum absolute atomic E-state index is 0.323.